The van der Waals surface area contributed by atoms with Crippen molar-refractivity contribution in [3.05, 3.63) is 93.3 Å². The summed E-state index contributed by atoms with van der Waals surface area (Å²) in [7, 11) is 1.59. The quantitative estimate of drug-likeness (QED) is 0.242. The monoisotopic (exact) mass is 527 g/mol. The van der Waals surface area contributed by atoms with E-state index in [-0.39, 0.29) is 17.1 Å². The zero-order chi connectivity index (χ0) is 27.7. The molecule has 0 saturated heterocycles. The van der Waals surface area contributed by atoms with Crippen LogP contribution in [0.5, 0.6) is 17.2 Å². The molecule has 0 radical (unpaired) electrons. The molecule has 1 atom stereocenters. The molecule has 7 nitrogen and oxygen atoms in total. The number of benzene rings is 3. The fourth-order valence-corrected chi connectivity index (χ4v) is 4.90. The molecule has 2 heterocycles. The molecule has 0 fully saturated rings. The fraction of sp³-hybridized carbons (Fsp3) is 0.312. The number of carbonyl (C=O) groups is 1. The highest BCUT2D eigenvalue weighted by Gasteiger charge is 2.44. The third-order valence-corrected chi connectivity index (χ3v) is 6.91. The van der Waals surface area contributed by atoms with Gasteiger partial charge in [0.15, 0.2) is 16.9 Å². The van der Waals surface area contributed by atoms with Crippen LogP contribution >= 0.6 is 0 Å². The van der Waals surface area contributed by atoms with Gasteiger partial charge in [0.2, 0.25) is 5.76 Å². The van der Waals surface area contributed by atoms with E-state index in [2.05, 4.69) is 13.8 Å². The number of fused-ring (bicyclic) bond motifs is 2. The highest BCUT2D eigenvalue weighted by molar-refractivity contribution is 6.10. The van der Waals surface area contributed by atoms with Crippen molar-refractivity contribution in [3.8, 4) is 17.2 Å². The van der Waals surface area contributed by atoms with Crippen molar-refractivity contribution in [1.29, 1.82) is 0 Å². The van der Waals surface area contributed by atoms with Crippen LogP contribution in [-0.2, 0) is 0 Å². The van der Waals surface area contributed by atoms with Crippen LogP contribution in [0.2, 0.25) is 0 Å². The summed E-state index contributed by atoms with van der Waals surface area (Å²) >= 11 is 0. The summed E-state index contributed by atoms with van der Waals surface area (Å²) in [4.78, 5) is 29.4. The number of ether oxygens (including phenoxy) is 3. The largest absolute Gasteiger partial charge is 0.497 e. The summed E-state index contributed by atoms with van der Waals surface area (Å²) in [6.45, 7) is 9.13. The van der Waals surface area contributed by atoms with Crippen molar-refractivity contribution in [2.24, 2.45) is 5.92 Å². The Balaban J connectivity index is 1.68. The lowest BCUT2D eigenvalue weighted by Crippen LogP contribution is -2.29. The van der Waals surface area contributed by atoms with E-state index < -0.39 is 6.04 Å². The van der Waals surface area contributed by atoms with E-state index >= 15 is 0 Å². The first-order chi connectivity index (χ1) is 18.8. The van der Waals surface area contributed by atoms with Crippen LogP contribution in [0, 0.1) is 12.8 Å². The van der Waals surface area contributed by atoms with Crippen molar-refractivity contribution in [1.82, 2.24) is 0 Å². The Hall–Kier alpha value is -4.26. The van der Waals surface area contributed by atoms with E-state index in [1.807, 2.05) is 38.1 Å². The van der Waals surface area contributed by atoms with Crippen LogP contribution in [-0.4, -0.2) is 26.2 Å². The van der Waals surface area contributed by atoms with Crippen LogP contribution in [0.15, 0.2) is 69.9 Å². The molecule has 0 aliphatic carbocycles. The Morgan fingerprint density at radius 2 is 1.72 bits per heavy atom. The SMILES string of the molecule is CCOc1cc(C2c3c(oc4ccc(C)cc4c3=O)C(=O)N2c2ccc(OC)cc2)ccc1OCCC(C)C. The molecule has 39 heavy (non-hydrogen) atoms. The highest BCUT2D eigenvalue weighted by Crippen LogP contribution is 2.43. The third-order valence-electron chi connectivity index (χ3n) is 6.91. The van der Waals surface area contributed by atoms with Crippen molar-refractivity contribution in [2.75, 3.05) is 25.2 Å². The minimum Gasteiger partial charge on any atom is -0.497 e. The predicted octanol–water partition coefficient (Wildman–Crippen LogP) is 6.68. The molecule has 7 heteroatoms. The second-order valence-electron chi connectivity index (χ2n) is 10.1. The summed E-state index contributed by atoms with van der Waals surface area (Å²) in [6, 6.07) is 17.5. The van der Waals surface area contributed by atoms with Crippen LogP contribution in [0.1, 0.15) is 60.5 Å². The normalized spacial score (nSPS) is 14.7. The van der Waals surface area contributed by atoms with Gasteiger partial charge < -0.3 is 18.6 Å². The van der Waals surface area contributed by atoms with E-state index in [0.717, 1.165) is 17.5 Å². The molecule has 0 N–H and O–H groups in total. The summed E-state index contributed by atoms with van der Waals surface area (Å²) in [5.74, 6) is 2.04. The maximum atomic E-state index is 13.9. The van der Waals surface area contributed by atoms with Gasteiger partial charge in [0.1, 0.15) is 11.3 Å². The summed E-state index contributed by atoms with van der Waals surface area (Å²) in [5.41, 5.74) is 2.74. The van der Waals surface area contributed by atoms with Gasteiger partial charge >= 0.3 is 0 Å². The lowest BCUT2D eigenvalue weighted by Gasteiger charge is -2.26. The van der Waals surface area contributed by atoms with E-state index in [9.17, 15) is 9.59 Å². The van der Waals surface area contributed by atoms with Gasteiger partial charge in [-0.2, -0.15) is 0 Å². The fourth-order valence-electron chi connectivity index (χ4n) is 4.90. The lowest BCUT2D eigenvalue weighted by atomic mass is 9.97. The summed E-state index contributed by atoms with van der Waals surface area (Å²) in [6.07, 6.45) is 0.913. The predicted molar refractivity (Wildman–Crippen MR) is 151 cm³/mol. The number of anilines is 1. The first kappa shape index (κ1) is 26.4. The Labute approximate surface area is 227 Å². The molecule has 1 aromatic heterocycles. The van der Waals surface area contributed by atoms with Crippen LogP contribution in [0.4, 0.5) is 5.69 Å². The maximum absolute atomic E-state index is 13.9. The molecule has 4 aromatic rings. The zero-order valence-corrected chi connectivity index (χ0v) is 22.9. The average Bonchev–Trinajstić information content (AvgIpc) is 3.22. The number of hydrogen-bond donors (Lipinski definition) is 0. The summed E-state index contributed by atoms with van der Waals surface area (Å²) < 4.78 is 23.4. The van der Waals surface area contributed by atoms with Crippen LogP contribution in [0.3, 0.4) is 0 Å². The van der Waals surface area contributed by atoms with Crippen molar-refractivity contribution in [2.45, 2.75) is 40.2 Å². The van der Waals surface area contributed by atoms with E-state index in [0.29, 0.717) is 58.6 Å². The van der Waals surface area contributed by atoms with Gasteiger partial charge in [-0.1, -0.05) is 31.5 Å². The van der Waals surface area contributed by atoms with E-state index in [1.165, 1.54) is 0 Å². The minimum absolute atomic E-state index is 0.0485. The molecule has 1 unspecified atom stereocenters. The lowest BCUT2D eigenvalue weighted by molar-refractivity contribution is 0.0971. The Kier molecular flexibility index (Phi) is 7.33. The number of rotatable bonds is 9. The molecule has 0 spiro atoms. The molecule has 5 rings (SSSR count). The second kappa shape index (κ2) is 10.8. The standard InChI is InChI=1S/C32H33NO6/c1-6-37-27-18-21(8-14-26(27)38-16-15-19(2)3)29-28-30(34)24-17-20(4)7-13-25(24)39-31(28)32(35)33(29)22-9-11-23(36-5)12-10-22/h7-14,17-19,29H,6,15-16H2,1-5H3. The van der Waals surface area contributed by atoms with E-state index in [4.69, 9.17) is 18.6 Å². The molecule has 202 valence electrons. The topological polar surface area (TPSA) is 78.2 Å². The maximum Gasteiger partial charge on any atom is 0.295 e. The Morgan fingerprint density at radius 1 is 0.949 bits per heavy atom. The van der Waals surface area contributed by atoms with Gasteiger partial charge in [0, 0.05) is 5.69 Å². The zero-order valence-electron chi connectivity index (χ0n) is 22.9. The number of methoxy groups -OCH3 is 1. The smallest absolute Gasteiger partial charge is 0.295 e. The molecule has 0 bridgehead atoms. The number of aryl methyl sites for hydroxylation is 1. The first-order valence-corrected chi connectivity index (χ1v) is 13.3. The first-order valence-electron chi connectivity index (χ1n) is 13.3. The van der Waals surface area contributed by atoms with Crippen molar-refractivity contribution < 1.29 is 23.4 Å². The number of amides is 1. The molecule has 0 saturated carbocycles. The molecule has 1 aliphatic heterocycles. The van der Waals surface area contributed by atoms with Gasteiger partial charge in [-0.15, -0.1) is 0 Å². The Morgan fingerprint density at radius 3 is 2.41 bits per heavy atom. The molecule has 3 aromatic carbocycles. The molecular formula is C32H33NO6. The second-order valence-corrected chi connectivity index (χ2v) is 10.1. The number of hydrogen-bond acceptors (Lipinski definition) is 6. The number of nitrogens with zero attached hydrogens (tertiary/aromatic N) is 1. The van der Waals surface area contributed by atoms with E-state index in [1.54, 1.807) is 48.4 Å². The van der Waals surface area contributed by atoms with Gasteiger partial charge in [0.25, 0.3) is 5.91 Å². The van der Waals surface area contributed by atoms with Crippen LogP contribution in [0.25, 0.3) is 11.0 Å². The van der Waals surface area contributed by atoms with Crippen molar-refractivity contribution >= 4 is 22.6 Å². The summed E-state index contributed by atoms with van der Waals surface area (Å²) in [5, 5.41) is 0.446. The van der Waals surface area contributed by atoms with Gasteiger partial charge in [-0.05, 0) is 80.3 Å². The average molecular weight is 528 g/mol. The van der Waals surface area contributed by atoms with Gasteiger partial charge in [0.05, 0.1) is 37.3 Å². The van der Waals surface area contributed by atoms with Crippen molar-refractivity contribution in [3.63, 3.8) is 0 Å². The molecule has 1 aliphatic rings. The number of carbonyl (C=O) groups excluding carboxylic acids is 1. The third kappa shape index (κ3) is 4.97. The Bertz CT molecular complexity index is 1570. The van der Waals surface area contributed by atoms with Gasteiger partial charge in [-0.25, -0.2) is 0 Å². The molecular weight excluding hydrogens is 494 g/mol. The minimum atomic E-state index is -0.717. The van der Waals surface area contributed by atoms with Crippen LogP contribution < -0.4 is 24.5 Å². The highest BCUT2D eigenvalue weighted by atomic mass is 16.5. The molecule has 1 amide bonds. The van der Waals surface area contributed by atoms with Gasteiger partial charge in [-0.3, -0.25) is 14.5 Å².